The molecule has 1 atom stereocenters. The van der Waals surface area contributed by atoms with Crippen LogP contribution in [0.2, 0.25) is 0 Å². The number of aryl methyl sites for hydroxylation is 1. The zero-order valence-electron chi connectivity index (χ0n) is 13.3. The highest BCUT2D eigenvalue weighted by Crippen LogP contribution is 2.20. The smallest absolute Gasteiger partial charge is 0.261 e. The Kier molecular flexibility index (Phi) is 5.05. The van der Waals surface area contributed by atoms with Crippen molar-refractivity contribution in [2.24, 2.45) is 0 Å². The normalized spacial score (nSPS) is 12.5. The van der Waals surface area contributed by atoms with E-state index in [1.807, 2.05) is 19.9 Å². The molecule has 0 aliphatic heterocycles. The van der Waals surface area contributed by atoms with Crippen molar-refractivity contribution in [1.29, 1.82) is 0 Å². The Morgan fingerprint density at radius 2 is 1.74 bits per heavy atom. The third-order valence-electron chi connectivity index (χ3n) is 3.39. The molecule has 1 amide bonds. The quantitative estimate of drug-likeness (QED) is 0.884. The number of benzene rings is 2. The van der Waals surface area contributed by atoms with Crippen LogP contribution in [0.25, 0.3) is 0 Å². The molecule has 122 valence electrons. The Bertz CT molecular complexity index is 799. The molecule has 0 fully saturated rings. The van der Waals surface area contributed by atoms with Gasteiger partial charge >= 0.3 is 0 Å². The van der Waals surface area contributed by atoms with Gasteiger partial charge in [-0.3, -0.25) is 9.52 Å². The van der Waals surface area contributed by atoms with E-state index >= 15 is 0 Å². The molecule has 5 nitrogen and oxygen atoms in total. The van der Waals surface area contributed by atoms with Crippen molar-refractivity contribution in [1.82, 2.24) is 5.32 Å². The van der Waals surface area contributed by atoms with Crippen LogP contribution in [0.5, 0.6) is 0 Å². The Labute approximate surface area is 136 Å². The molecule has 6 heteroatoms. The van der Waals surface area contributed by atoms with Gasteiger partial charge in [-0.05, 0) is 43.7 Å². The van der Waals surface area contributed by atoms with Crippen LogP contribution >= 0.6 is 0 Å². The molecule has 0 saturated carbocycles. The topological polar surface area (TPSA) is 75.3 Å². The van der Waals surface area contributed by atoms with Crippen LogP contribution in [-0.2, 0) is 14.8 Å². The number of hydrogen-bond donors (Lipinski definition) is 2. The SMILES string of the molecule is CC(=O)NC(C)c1cccc(NS(=O)(=O)c2ccc(C)cc2)c1. The van der Waals surface area contributed by atoms with Gasteiger partial charge in [-0.2, -0.15) is 0 Å². The van der Waals surface area contributed by atoms with Crippen molar-refractivity contribution >= 4 is 21.6 Å². The van der Waals surface area contributed by atoms with Crippen LogP contribution in [0.1, 0.15) is 31.0 Å². The molecular formula is C17H20N2O3S. The molecule has 0 aromatic heterocycles. The van der Waals surface area contributed by atoms with E-state index in [2.05, 4.69) is 10.0 Å². The molecule has 0 radical (unpaired) electrons. The van der Waals surface area contributed by atoms with Crippen LogP contribution < -0.4 is 10.0 Å². The number of amides is 1. The van der Waals surface area contributed by atoms with E-state index in [1.165, 1.54) is 6.92 Å². The van der Waals surface area contributed by atoms with Crippen molar-refractivity contribution in [3.63, 3.8) is 0 Å². The molecule has 0 bridgehead atoms. The number of anilines is 1. The highest BCUT2D eigenvalue weighted by atomic mass is 32.2. The lowest BCUT2D eigenvalue weighted by molar-refractivity contribution is -0.119. The Morgan fingerprint density at radius 3 is 2.35 bits per heavy atom. The zero-order chi connectivity index (χ0) is 17.0. The first-order valence-corrected chi connectivity index (χ1v) is 8.73. The second kappa shape index (κ2) is 6.83. The predicted octanol–water partition coefficient (Wildman–Crippen LogP) is 2.99. The molecule has 23 heavy (non-hydrogen) atoms. The second-order valence-electron chi connectivity index (χ2n) is 5.47. The van der Waals surface area contributed by atoms with Gasteiger partial charge in [0.2, 0.25) is 5.91 Å². The Morgan fingerprint density at radius 1 is 1.09 bits per heavy atom. The van der Waals surface area contributed by atoms with Gasteiger partial charge in [0.1, 0.15) is 0 Å². The first-order valence-electron chi connectivity index (χ1n) is 7.24. The highest BCUT2D eigenvalue weighted by molar-refractivity contribution is 7.92. The fourth-order valence-corrected chi connectivity index (χ4v) is 3.24. The molecule has 0 aliphatic carbocycles. The maximum Gasteiger partial charge on any atom is 0.261 e. The molecular weight excluding hydrogens is 312 g/mol. The number of rotatable bonds is 5. The summed E-state index contributed by atoms with van der Waals surface area (Å²) in [5.74, 6) is -0.136. The van der Waals surface area contributed by atoms with Crippen molar-refractivity contribution in [3.8, 4) is 0 Å². The summed E-state index contributed by atoms with van der Waals surface area (Å²) in [6.45, 7) is 5.19. The fourth-order valence-electron chi connectivity index (χ4n) is 2.19. The van der Waals surface area contributed by atoms with Crippen LogP contribution in [0.15, 0.2) is 53.4 Å². The summed E-state index contributed by atoms with van der Waals surface area (Å²) in [5.41, 5.74) is 2.28. The highest BCUT2D eigenvalue weighted by Gasteiger charge is 2.15. The van der Waals surface area contributed by atoms with Gasteiger partial charge in [-0.1, -0.05) is 29.8 Å². The van der Waals surface area contributed by atoms with Crippen LogP contribution in [-0.4, -0.2) is 14.3 Å². The first kappa shape index (κ1) is 17.0. The average molecular weight is 332 g/mol. The minimum Gasteiger partial charge on any atom is -0.350 e. The summed E-state index contributed by atoms with van der Waals surface area (Å²) >= 11 is 0. The van der Waals surface area contributed by atoms with Gasteiger partial charge in [0.25, 0.3) is 10.0 Å². The number of nitrogens with one attached hydrogen (secondary N) is 2. The van der Waals surface area contributed by atoms with Crippen molar-refractivity contribution in [3.05, 3.63) is 59.7 Å². The van der Waals surface area contributed by atoms with Gasteiger partial charge in [0.05, 0.1) is 10.9 Å². The monoisotopic (exact) mass is 332 g/mol. The first-order chi connectivity index (χ1) is 10.8. The van der Waals surface area contributed by atoms with Crippen LogP contribution in [0.4, 0.5) is 5.69 Å². The molecule has 2 aromatic rings. The van der Waals surface area contributed by atoms with Gasteiger partial charge in [0, 0.05) is 12.6 Å². The number of carbonyl (C=O) groups excluding carboxylic acids is 1. The van der Waals surface area contributed by atoms with Crippen LogP contribution in [0, 0.1) is 6.92 Å². The average Bonchev–Trinajstić information content (AvgIpc) is 2.46. The summed E-state index contributed by atoms with van der Waals surface area (Å²) in [5, 5.41) is 2.77. The molecule has 0 spiro atoms. The molecule has 0 aliphatic rings. The third kappa shape index (κ3) is 4.56. The van der Waals surface area contributed by atoms with Gasteiger partial charge < -0.3 is 5.32 Å². The number of sulfonamides is 1. The molecule has 2 rings (SSSR count). The zero-order valence-corrected chi connectivity index (χ0v) is 14.1. The van der Waals surface area contributed by atoms with E-state index in [9.17, 15) is 13.2 Å². The number of hydrogen-bond acceptors (Lipinski definition) is 3. The van der Waals surface area contributed by atoms with Gasteiger partial charge in [-0.25, -0.2) is 8.42 Å². The Hall–Kier alpha value is -2.34. The lowest BCUT2D eigenvalue weighted by Gasteiger charge is -2.15. The van der Waals surface area contributed by atoms with E-state index < -0.39 is 10.0 Å². The summed E-state index contributed by atoms with van der Waals surface area (Å²) in [7, 11) is -3.63. The largest absolute Gasteiger partial charge is 0.350 e. The van der Waals surface area contributed by atoms with E-state index in [1.54, 1.807) is 42.5 Å². The summed E-state index contributed by atoms with van der Waals surface area (Å²) in [6, 6.07) is 13.4. The second-order valence-corrected chi connectivity index (χ2v) is 7.15. The molecule has 2 N–H and O–H groups in total. The minimum absolute atomic E-state index is 0.136. The van der Waals surface area contributed by atoms with Crippen LogP contribution in [0.3, 0.4) is 0 Å². The molecule has 0 saturated heterocycles. The van der Waals surface area contributed by atoms with E-state index in [4.69, 9.17) is 0 Å². The predicted molar refractivity (Wildman–Crippen MR) is 90.7 cm³/mol. The lowest BCUT2D eigenvalue weighted by Crippen LogP contribution is -2.23. The lowest BCUT2D eigenvalue weighted by atomic mass is 10.1. The fraction of sp³-hybridized carbons (Fsp3) is 0.235. The van der Waals surface area contributed by atoms with E-state index in [0.717, 1.165) is 11.1 Å². The Balaban J connectivity index is 2.22. The standard InChI is InChI=1S/C17H20N2O3S/c1-12-7-9-17(10-8-12)23(21,22)19-16-6-4-5-15(11-16)13(2)18-14(3)20/h4-11,13,19H,1-3H3,(H,18,20). The number of carbonyl (C=O) groups is 1. The summed E-state index contributed by atoms with van der Waals surface area (Å²) in [4.78, 5) is 11.3. The minimum atomic E-state index is -3.63. The maximum absolute atomic E-state index is 12.4. The van der Waals surface area contributed by atoms with Crippen molar-refractivity contribution < 1.29 is 13.2 Å². The maximum atomic E-state index is 12.4. The summed E-state index contributed by atoms with van der Waals surface area (Å²) in [6.07, 6.45) is 0. The summed E-state index contributed by atoms with van der Waals surface area (Å²) < 4.78 is 27.3. The van der Waals surface area contributed by atoms with E-state index in [0.29, 0.717) is 5.69 Å². The van der Waals surface area contributed by atoms with Crippen molar-refractivity contribution in [2.75, 3.05) is 4.72 Å². The molecule has 1 unspecified atom stereocenters. The van der Waals surface area contributed by atoms with Gasteiger partial charge in [-0.15, -0.1) is 0 Å². The van der Waals surface area contributed by atoms with E-state index in [-0.39, 0.29) is 16.8 Å². The molecule has 2 aromatic carbocycles. The van der Waals surface area contributed by atoms with Crippen molar-refractivity contribution in [2.45, 2.75) is 31.7 Å². The molecule has 0 heterocycles. The third-order valence-corrected chi connectivity index (χ3v) is 4.79. The van der Waals surface area contributed by atoms with Gasteiger partial charge in [0.15, 0.2) is 0 Å².